The van der Waals surface area contributed by atoms with Gasteiger partial charge in [-0.3, -0.25) is 4.79 Å². The summed E-state index contributed by atoms with van der Waals surface area (Å²) in [7, 11) is 1.61. The van der Waals surface area contributed by atoms with Crippen molar-refractivity contribution in [3.05, 3.63) is 59.7 Å². The molecule has 1 aliphatic carbocycles. The molecule has 2 aromatic rings. The topological polar surface area (TPSA) is 47.6 Å². The van der Waals surface area contributed by atoms with Crippen molar-refractivity contribution in [2.24, 2.45) is 0 Å². The summed E-state index contributed by atoms with van der Waals surface area (Å²) >= 11 is 0. The first kappa shape index (κ1) is 16.4. The lowest BCUT2D eigenvalue weighted by molar-refractivity contribution is -0.122. The minimum atomic E-state index is 0.0200. The Hall–Kier alpha value is -2.49. The van der Waals surface area contributed by atoms with Crippen LogP contribution in [0.3, 0.4) is 0 Å². The van der Waals surface area contributed by atoms with Gasteiger partial charge in [-0.15, -0.1) is 0 Å². The number of benzene rings is 2. The molecule has 0 spiro atoms. The van der Waals surface area contributed by atoms with Crippen LogP contribution in [0.25, 0.3) is 0 Å². The quantitative estimate of drug-likeness (QED) is 0.882. The summed E-state index contributed by atoms with van der Waals surface area (Å²) in [6, 6.07) is 15.9. The van der Waals surface area contributed by atoms with Crippen LogP contribution in [0.2, 0.25) is 0 Å². The zero-order valence-electron chi connectivity index (χ0n) is 14.0. The Morgan fingerprint density at radius 1 is 1.12 bits per heavy atom. The van der Waals surface area contributed by atoms with E-state index in [1.54, 1.807) is 7.11 Å². The number of carbonyl (C=O) groups is 1. The molecule has 0 saturated carbocycles. The number of hydrogen-bond donors (Lipinski definition) is 1. The number of rotatable bonds is 6. The molecule has 126 valence electrons. The van der Waals surface area contributed by atoms with Crippen molar-refractivity contribution < 1.29 is 14.3 Å². The summed E-state index contributed by atoms with van der Waals surface area (Å²) in [5.41, 5.74) is 2.60. The van der Waals surface area contributed by atoms with Gasteiger partial charge >= 0.3 is 0 Å². The smallest absolute Gasteiger partial charge is 0.223 e. The van der Waals surface area contributed by atoms with E-state index in [1.807, 2.05) is 30.3 Å². The van der Waals surface area contributed by atoms with E-state index in [0.717, 1.165) is 19.3 Å². The molecule has 0 heterocycles. The Morgan fingerprint density at radius 3 is 2.71 bits per heavy atom. The number of fused-ring (bicyclic) bond motifs is 1. The van der Waals surface area contributed by atoms with Crippen LogP contribution < -0.4 is 14.8 Å². The first-order chi connectivity index (χ1) is 11.8. The van der Waals surface area contributed by atoms with Gasteiger partial charge in [0.15, 0.2) is 11.5 Å². The van der Waals surface area contributed by atoms with Gasteiger partial charge in [0.2, 0.25) is 5.91 Å². The van der Waals surface area contributed by atoms with Crippen LogP contribution >= 0.6 is 0 Å². The SMILES string of the molecule is COc1ccccc1OCCC(=O)NC1CCCc2ccccc21. The van der Waals surface area contributed by atoms with Gasteiger partial charge in [-0.1, -0.05) is 36.4 Å². The molecule has 1 amide bonds. The van der Waals surface area contributed by atoms with Crippen LogP contribution in [0, 0.1) is 0 Å². The van der Waals surface area contributed by atoms with Crippen LogP contribution in [0.15, 0.2) is 48.5 Å². The molecule has 1 atom stereocenters. The van der Waals surface area contributed by atoms with Gasteiger partial charge in [-0.25, -0.2) is 0 Å². The zero-order chi connectivity index (χ0) is 16.8. The summed E-state index contributed by atoms with van der Waals surface area (Å²) in [6.07, 6.45) is 3.53. The molecule has 1 N–H and O–H groups in total. The van der Waals surface area contributed by atoms with Gasteiger partial charge in [0.05, 0.1) is 26.2 Å². The molecule has 0 fully saturated rings. The monoisotopic (exact) mass is 325 g/mol. The van der Waals surface area contributed by atoms with Gasteiger partial charge < -0.3 is 14.8 Å². The van der Waals surface area contributed by atoms with E-state index in [0.29, 0.717) is 24.5 Å². The molecule has 1 aliphatic rings. The standard InChI is InChI=1S/C20H23NO3/c1-23-18-11-4-5-12-19(18)24-14-13-20(22)21-17-10-6-8-15-7-2-3-9-16(15)17/h2-5,7,9,11-12,17H,6,8,10,13-14H2,1H3,(H,21,22). The third kappa shape index (κ3) is 3.88. The minimum absolute atomic E-state index is 0.0200. The molecule has 4 nitrogen and oxygen atoms in total. The van der Waals surface area contributed by atoms with Crippen molar-refractivity contribution in [3.63, 3.8) is 0 Å². The van der Waals surface area contributed by atoms with Crippen molar-refractivity contribution >= 4 is 5.91 Å². The predicted molar refractivity (Wildman–Crippen MR) is 93.4 cm³/mol. The number of hydrogen-bond acceptors (Lipinski definition) is 3. The van der Waals surface area contributed by atoms with Gasteiger partial charge in [0, 0.05) is 0 Å². The molecule has 4 heteroatoms. The highest BCUT2D eigenvalue weighted by molar-refractivity contribution is 5.76. The molecular weight excluding hydrogens is 302 g/mol. The molecule has 2 aromatic carbocycles. The molecular formula is C20H23NO3. The second kappa shape index (κ2) is 7.86. The van der Waals surface area contributed by atoms with Crippen molar-refractivity contribution in [3.8, 4) is 11.5 Å². The zero-order valence-corrected chi connectivity index (χ0v) is 14.0. The lowest BCUT2D eigenvalue weighted by atomic mass is 9.88. The molecule has 0 aliphatic heterocycles. The summed E-state index contributed by atoms with van der Waals surface area (Å²) in [6.45, 7) is 0.334. The van der Waals surface area contributed by atoms with Crippen LogP contribution in [0.1, 0.15) is 36.4 Å². The fourth-order valence-corrected chi connectivity index (χ4v) is 3.16. The van der Waals surface area contributed by atoms with Crippen molar-refractivity contribution in [1.29, 1.82) is 0 Å². The summed E-state index contributed by atoms with van der Waals surface area (Å²) < 4.78 is 10.9. The maximum atomic E-state index is 12.2. The van der Waals surface area contributed by atoms with Crippen molar-refractivity contribution in [2.75, 3.05) is 13.7 Å². The number of nitrogens with one attached hydrogen (secondary N) is 1. The molecule has 0 saturated heterocycles. The van der Waals surface area contributed by atoms with E-state index in [4.69, 9.17) is 9.47 Å². The average molecular weight is 325 g/mol. The maximum Gasteiger partial charge on any atom is 0.223 e. The molecule has 0 radical (unpaired) electrons. The molecule has 0 bridgehead atoms. The lowest BCUT2D eigenvalue weighted by Gasteiger charge is -2.26. The number of para-hydroxylation sites is 2. The highest BCUT2D eigenvalue weighted by Gasteiger charge is 2.21. The largest absolute Gasteiger partial charge is 0.493 e. The lowest BCUT2D eigenvalue weighted by Crippen LogP contribution is -2.31. The second-order valence-electron chi connectivity index (χ2n) is 5.96. The Balaban J connectivity index is 1.52. The maximum absolute atomic E-state index is 12.2. The van der Waals surface area contributed by atoms with Crippen LogP contribution in [0.4, 0.5) is 0 Å². The normalized spacial score (nSPS) is 16.1. The first-order valence-corrected chi connectivity index (χ1v) is 8.41. The summed E-state index contributed by atoms with van der Waals surface area (Å²) in [4.78, 5) is 12.2. The fourth-order valence-electron chi connectivity index (χ4n) is 3.16. The average Bonchev–Trinajstić information content (AvgIpc) is 2.62. The minimum Gasteiger partial charge on any atom is -0.493 e. The molecule has 3 rings (SSSR count). The van der Waals surface area contributed by atoms with E-state index in [9.17, 15) is 4.79 Å². The third-order valence-corrected chi connectivity index (χ3v) is 4.36. The van der Waals surface area contributed by atoms with Crippen molar-refractivity contribution in [1.82, 2.24) is 5.32 Å². The second-order valence-corrected chi connectivity index (χ2v) is 5.96. The van der Waals surface area contributed by atoms with Crippen molar-refractivity contribution in [2.45, 2.75) is 31.7 Å². The number of methoxy groups -OCH3 is 1. The van der Waals surface area contributed by atoms with E-state index in [-0.39, 0.29) is 11.9 Å². The molecule has 24 heavy (non-hydrogen) atoms. The highest BCUT2D eigenvalue weighted by atomic mass is 16.5. The van der Waals surface area contributed by atoms with Crippen LogP contribution in [-0.2, 0) is 11.2 Å². The first-order valence-electron chi connectivity index (χ1n) is 8.41. The van der Waals surface area contributed by atoms with E-state index < -0.39 is 0 Å². The number of amides is 1. The predicted octanol–water partition coefficient (Wildman–Crippen LogP) is 3.66. The summed E-state index contributed by atoms with van der Waals surface area (Å²) in [5, 5.41) is 3.14. The summed E-state index contributed by atoms with van der Waals surface area (Å²) in [5.74, 6) is 1.36. The number of carbonyl (C=O) groups excluding carboxylic acids is 1. The molecule has 1 unspecified atom stereocenters. The van der Waals surface area contributed by atoms with Crippen LogP contribution in [0.5, 0.6) is 11.5 Å². The van der Waals surface area contributed by atoms with E-state index in [1.165, 1.54) is 11.1 Å². The van der Waals surface area contributed by atoms with E-state index in [2.05, 4.69) is 23.5 Å². The Morgan fingerprint density at radius 2 is 1.88 bits per heavy atom. The van der Waals surface area contributed by atoms with Crippen LogP contribution in [-0.4, -0.2) is 19.6 Å². The van der Waals surface area contributed by atoms with Gasteiger partial charge in [0.1, 0.15) is 0 Å². The number of ether oxygens (including phenoxy) is 2. The van der Waals surface area contributed by atoms with E-state index >= 15 is 0 Å². The van der Waals surface area contributed by atoms with Gasteiger partial charge in [0.25, 0.3) is 0 Å². The van der Waals surface area contributed by atoms with Gasteiger partial charge in [-0.2, -0.15) is 0 Å². The van der Waals surface area contributed by atoms with Gasteiger partial charge in [-0.05, 0) is 42.5 Å². The third-order valence-electron chi connectivity index (χ3n) is 4.36. The molecule has 0 aromatic heterocycles. The Kier molecular flexibility index (Phi) is 5.36. The number of aryl methyl sites for hydroxylation is 1. The Bertz CT molecular complexity index is 699. The highest BCUT2D eigenvalue weighted by Crippen LogP contribution is 2.29. The fraction of sp³-hybridized carbons (Fsp3) is 0.350. The Labute approximate surface area is 142 Å².